The van der Waals surface area contributed by atoms with Gasteiger partial charge in [0.1, 0.15) is 6.61 Å². The van der Waals surface area contributed by atoms with Crippen LogP contribution in [0.1, 0.15) is 21.7 Å². The fourth-order valence-corrected chi connectivity index (χ4v) is 4.52. The summed E-state index contributed by atoms with van der Waals surface area (Å²) in [6.45, 7) is 5.18. The molecule has 150 valence electrons. The number of rotatable bonds is 6. The van der Waals surface area contributed by atoms with Gasteiger partial charge in [0.25, 0.3) is 0 Å². The SMILES string of the molecule is Cc1cc(C(=O)CSc2ccc(Br)cc2)c(C)n1CC1COc2ccccc2O1. The van der Waals surface area contributed by atoms with Gasteiger partial charge in [0, 0.05) is 26.3 Å². The molecule has 0 aliphatic carbocycles. The topological polar surface area (TPSA) is 40.5 Å². The molecule has 2 aromatic carbocycles. The van der Waals surface area contributed by atoms with Gasteiger partial charge < -0.3 is 14.0 Å². The molecule has 6 heteroatoms. The van der Waals surface area contributed by atoms with Gasteiger partial charge in [-0.05, 0) is 56.3 Å². The van der Waals surface area contributed by atoms with Crippen molar-refractivity contribution in [1.29, 1.82) is 0 Å². The van der Waals surface area contributed by atoms with Crippen molar-refractivity contribution in [3.05, 3.63) is 76.0 Å². The normalized spacial score (nSPS) is 15.3. The van der Waals surface area contributed by atoms with E-state index in [1.807, 2.05) is 68.4 Å². The number of fused-ring (bicyclic) bond motifs is 1. The van der Waals surface area contributed by atoms with Crippen molar-refractivity contribution in [3.8, 4) is 11.5 Å². The summed E-state index contributed by atoms with van der Waals surface area (Å²) in [5, 5.41) is 0. The first-order valence-corrected chi connectivity index (χ1v) is 11.3. The number of halogens is 1. The Hall–Kier alpha value is -2.18. The highest BCUT2D eigenvalue weighted by molar-refractivity contribution is 9.10. The third-order valence-electron chi connectivity index (χ3n) is 5.01. The second kappa shape index (κ2) is 8.67. The van der Waals surface area contributed by atoms with E-state index in [0.717, 1.165) is 37.8 Å². The van der Waals surface area contributed by atoms with Gasteiger partial charge in [-0.15, -0.1) is 11.8 Å². The van der Waals surface area contributed by atoms with Crippen molar-refractivity contribution in [2.75, 3.05) is 12.4 Å². The Balaban J connectivity index is 1.43. The quantitative estimate of drug-likeness (QED) is 0.342. The number of aromatic nitrogens is 1. The van der Waals surface area contributed by atoms with E-state index in [9.17, 15) is 4.79 Å². The van der Waals surface area contributed by atoms with Gasteiger partial charge in [0.2, 0.25) is 0 Å². The number of ketones is 1. The summed E-state index contributed by atoms with van der Waals surface area (Å²) >= 11 is 4.99. The lowest BCUT2D eigenvalue weighted by Gasteiger charge is -2.27. The Labute approximate surface area is 183 Å². The second-order valence-corrected chi connectivity index (χ2v) is 9.02. The van der Waals surface area contributed by atoms with Crippen LogP contribution in [0.5, 0.6) is 11.5 Å². The number of thioether (sulfide) groups is 1. The lowest BCUT2D eigenvalue weighted by molar-refractivity contribution is 0.0777. The lowest BCUT2D eigenvalue weighted by Crippen LogP contribution is -2.33. The smallest absolute Gasteiger partial charge is 0.174 e. The van der Waals surface area contributed by atoms with Gasteiger partial charge in [-0.2, -0.15) is 0 Å². The molecule has 1 aromatic heterocycles. The third-order valence-corrected chi connectivity index (χ3v) is 6.55. The van der Waals surface area contributed by atoms with E-state index in [1.165, 1.54) is 0 Å². The molecular weight excluding hydrogens is 450 g/mol. The summed E-state index contributed by atoms with van der Waals surface area (Å²) in [5.74, 6) is 2.12. The Morgan fingerprint density at radius 1 is 1.14 bits per heavy atom. The minimum atomic E-state index is -0.0882. The minimum absolute atomic E-state index is 0.0882. The lowest BCUT2D eigenvalue weighted by atomic mass is 10.2. The summed E-state index contributed by atoms with van der Waals surface area (Å²) < 4.78 is 15.1. The molecule has 0 saturated carbocycles. The van der Waals surface area contributed by atoms with Crippen molar-refractivity contribution in [3.63, 3.8) is 0 Å². The number of aryl methyl sites for hydroxylation is 1. The third kappa shape index (κ3) is 4.54. The maximum absolute atomic E-state index is 12.8. The van der Waals surface area contributed by atoms with Crippen LogP contribution < -0.4 is 9.47 Å². The molecule has 0 spiro atoms. The van der Waals surface area contributed by atoms with Gasteiger partial charge in [0.15, 0.2) is 23.4 Å². The van der Waals surface area contributed by atoms with E-state index in [1.54, 1.807) is 11.8 Å². The molecule has 0 fully saturated rings. The monoisotopic (exact) mass is 471 g/mol. The maximum Gasteiger partial charge on any atom is 0.174 e. The van der Waals surface area contributed by atoms with E-state index >= 15 is 0 Å². The van der Waals surface area contributed by atoms with Crippen LogP contribution in [0.3, 0.4) is 0 Å². The predicted octanol–water partition coefficient (Wildman–Crippen LogP) is 5.68. The van der Waals surface area contributed by atoms with Gasteiger partial charge in [-0.25, -0.2) is 0 Å². The van der Waals surface area contributed by atoms with Crippen LogP contribution in [0.2, 0.25) is 0 Å². The van der Waals surface area contributed by atoms with Crippen LogP contribution in [-0.4, -0.2) is 28.8 Å². The maximum atomic E-state index is 12.8. The van der Waals surface area contributed by atoms with Crippen LogP contribution in [0.15, 0.2) is 64.0 Å². The van der Waals surface area contributed by atoms with Crippen molar-refractivity contribution >= 4 is 33.5 Å². The fraction of sp³-hybridized carbons (Fsp3) is 0.261. The first-order valence-electron chi connectivity index (χ1n) is 9.48. The standard InChI is InChI=1S/C23H22BrNO3S/c1-15-11-20(21(26)14-29-19-9-7-17(24)8-10-19)16(2)25(15)12-18-13-27-22-5-3-4-6-23(22)28-18/h3-11,18H,12-14H2,1-2H3. The molecule has 0 radical (unpaired) electrons. The summed E-state index contributed by atoms with van der Waals surface area (Å²) in [4.78, 5) is 13.9. The predicted molar refractivity (Wildman–Crippen MR) is 119 cm³/mol. The zero-order valence-electron chi connectivity index (χ0n) is 16.4. The van der Waals surface area contributed by atoms with Crippen molar-refractivity contribution in [2.45, 2.75) is 31.4 Å². The fourth-order valence-electron chi connectivity index (χ4n) is 3.48. The average Bonchev–Trinajstić information content (AvgIpc) is 3.01. The zero-order valence-corrected chi connectivity index (χ0v) is 18.8. The van der Waals surface area contributed by atoms with Gasteiger partial charge in [-0.3, -0.25) is 4.79 Å². The number of carbonyl (C=O) groups is 1. The zero-order chi connectivity index (χ0) is 20.4. The van der Waals surface area contributed by atoms with Gasteiger partial charge in [0.05, 0.1) is 12.3 Å². The van der Waals surface area contributed by atoms with Crippen molar-refractivity contribution in [1.82, 2.24) is 4.57 Å². The molecule has 1 aliphatic rings. The summed E-state index contributed by atoms with van der Waals surface area (Å²) in [7, 11) is 0. The Bertz CT molecular complexity index is 1030. The summed E-state index contributed by atoms with van der Waals surface area (Å²) in [6.07, 6.45) is -0.0882. The largest absolute Gasteiger partial charge is 0.486 e. The molecule has 4 rings (SSSR count). The highest BCUT2D eigenvalue weighted by atomic mass is 79.9. The number of Topliss-reactive ketones (excluding diaryl/α,β-unsaturated/α-hetero) is 1. The van der Waals surface area contributed by atoms with Crippen LogP contribution in [0.4, 0.5) is 0 Å². The van der Waals surface area contributed by atoms with Crippen LogP contribution in [0, 0.1) is 13.8 Å². The number of hydrogen-bond acceptors (Lipinski definition) is 4. The highest BCUT2D eigenvalue weighted by Gasteiger charge is 2.24. The molecule has 4 nitrogen and oxygen atoms in total. The van der Waals surface area contributed by atoms with Crippen molar-refractivity contribution in [2.24, 2.45) is 0 Å². The second-order valence-electron chi connectivity index (χ2n) is 7.06. The number of carbonyl (C=O) groups excluding carboxylic acids is 1. The van der Waals surface area contributed by atoms with E-state index in [4.69, 9.17) is 9.47 Å². The number of ether oxygens (including phenoxy) is 2. The minimum Gasteiger partial charge on any atom is -0.486 e. The molecule has 3 aromatic rings. The molecule has 2 heterocycles. The molecule has 0 amide bonds. The van der Waals surface area contributed by atoms with Crippen LogP contribution in [0.25, 0.3) is 0 Å². The summed E-state index contributed by atoms with van der Waals surface area (Å²) in [6, 6.07) is 17.7. The average molecular weight is 472 g/mol. The van der Waals surface area contributed by atoms with E-state index in [2.05, 4.69) is 20.5 Å². The molecule has 0 bridgehead atoms. The van der Waals surface area contributed by atoms with Gasteiger partial charge in [-0.1, -0.05) is 28.1 Å². The number of nitrogens with zero attached hydrogens (tertiary/aromatic N) is 1. The molecule has 1 atom stereocenters. The van der Waals surface area contributed by atoms with E-state index in [-0.39, 0.29) is 11.9 Å². The molecule has 0 N–H and O–H groups in total. The molecule has 1 unspecified atom stereocenters. The van der Waals surface area contributed by atoms with E-state index in [0.29, 0.717) is 18.9 Å². The first-order chi connectivity index (χ1) is 14.0. The van der Waals surface area contributed by atoms with Crippen molar-refractivity contribution < 1.29 is 14.3 Å². The molecule has 29 heavy (non-hydrogen) atoms. The molecule has 0 saturated heterocycles. The summed E-state index contributed by atoms with van der Waals surface area (Å²) in [5.41, 5.74) is 2.82. The van der Waals surface area contributed by atoms with E-state index < -0.39 is 0 Å². The highest BCUT2D eigenvalue weighted by Crippen LogP contribution is 2.32. The Morgan fingerprint density at radius 2 is 1.86 bits per heavy atom. The number of para-hydroxylation sites is 2. The van der Waals surface area contributed by atoms with Crippen LogP contribution in [-0.2, 0) is 6.54 Å². The Kier molecular flexibility index (Phi) is 6.01. The van der Waals surface area contributed by atoms with Crippen LogP contribution >= 0.6 is 27.7 Å². The number of hydrogen-bond donors (Lipinski definition) is 0. The molecule has 1 aliphatic heterocycles. The number of benzene rings is 2. The van der Waals surface area contributed by atoms with Gasteiger partial charge >= 0.3 is 0 Å². The molecular formula is C23H22BrNO3S. The Morgan fingerprint density at radius 3 is 2.62 bits per heavy atom. The first kappa shape index (κ1) is 20.1.